The summed E-state index contributed by atoms with van der Waals surface area (Å²) in [5, 5.41) is 17.0. The van der Waals surface area contributed by atoms with E-state index in [1.54, 1.807) is 23.0 Å². The summed E-state index contributed by atoms with van der Waals surface area (Å²) in [6, 6.07) is 5.36. The SMILES string of the molecule is CC(C)(C)CCn1nnc(C(=O)O)c1-c1ccccn1. The lowest BCUT2D eigenvalue weighted by atomic mass is 9.92. The minimum Gasteiger partial charge on any atom is -0.476 e. The summed E-state index contributed by atoms with van der Waals surface area (Å²) in [5.74, 6) is -1.09. The quantitative estimate of drug-likeness (QED) is 0.926. The van der Waals surface area contributed by atoms with Crippen LogP contribution < -0.4 is 0 Å². The highest BCUT2D eigenvalue weighted by molar-refractivity contribution is 5.92. The molecule has 0 aliphatic heterocycles. The largest absolute Gasteiger partial charge is 0.476 e. The second kappa shape index (κ2) is 5.40. The molecule has 6 nitrogen and oxygen atoms in total. The first-order chi connectivity index (χ1) is 9.38. The van der Waals surface area contributed by atoms with Crippen molar-refractivity contribution in [3.63, 3.8) is 0 Å². The van der Waals surface area contributed by atoms with Crippen molar-refractivity contribution in [2.45, 2.75) is 33.7 Å². The molecule has 6 heteroatoms. The lowest BCUT2D eigenvalue weighted by Gasteiger charge is -2.18. The van der Waals surface area contributed by atoms with Crippen molar-refractivity contribution in [1.29, 1.82) is 0 Å². The molecule has 20 heavy (non-hydrogen) atoms. The predicted molar refractivity (Wildman–Crippen MR) is 74.3 cm³/mol. The average molecular weight is 274 g/mol. The maximum Gasteiger partial charge on any atom is 0.358 e. The Morgan fingerprint density at radius 3 is 2.65 bits per heavy atom. The zero-order valence-corrected chi connectivity index (χ0v) is 11.9. The summed E-state index contributed by atoms with van der Waals surface area (Å²) in [7, 11) is 0. The molecule has 0 spiro atoms. The molecule has 0 saturated carbocycles. The summed E-state index contributed by atoms with van der Waals surface area (Å²) in [5.41, 5.74) is 1.11. The lowest BCUT2D eigenvalue weighted by molar-refractivity contribution is 0.0691. The second-order valence-electron chi connectivity index (χ2n) is 5.84. The molecule has 1 N–H and O–H groups in total. The third kappa shape index (κ3) is 3.20. The molecule has 0 aliphatic carbocycles. The zero-order valence-electron chi connectivity index (χ0n) is 11.9. The molecule has 2 aromatic heterocycles. The van der Waals surface area contributed by atoms with E-state index >= 15 is 0 Å². The number of carbonyl (C=O) groups is 1. The number of aromatic carboxylic acids is 1. The fourth-order valence-corrected chi connectivity index (χ4v) is 1.81. The number of carboxylic acids is 1. The van der Waals surface area contributed by atoms with Gasteiger partial charge in [0.25, 0.3) is 0 Å². The van der Waals surface area contributed by atoms with Crippen molar-refractivity contribution in [1.82, 2.24) is 20.0 Å². The van der Waals surface area contributed by atoms with Crippen LogP contribution in [0.1, 0.15) is 37.7 Å². The molecule has 0 unspecified atom stereocenters. The fourth-order valence-electron chi connectivity index (χ4n) is 1.81. The number of aryl methyl sites for hydroxylation is 1. The van der Waals surface area contributed by atoms with Crippen molar-refractivity contribution in [2.24, 2.45) is 5.41 Å². The van der Waals surface area contributed by atoms with Crippen LogP contribution in [0.2, 0.25) is 0 Å². The summed E-state index contributed by atoms with van der Waals surface area (Å²) in [6.45, 7) is 6.99. The molecule has 0 saturated heterocycles. The van der Waals surface area contributed by atoms with Crippen LogP contribution in [0.3, 0.4) is 0 Å². The molecule has 0 fully saturated rings. The molecule has 2 aromatic rings. The molecule has 2 rings (SSSR count). The van der Waals surface area contributed by atoms with E-state index in [0.29, 0.717) is 17.9 Å². The van der Waals surface area contributed by atoms with E-state index in [9.17, 15) is 9.90 Å². The minimum absolute atomic E-state index is 0.0578. The molecule has 0 amide bonds. The number of nitrogens with zero attached hydrogens (tertiary/aromatic N) is 4. The van der Waals surface area contributed by atoms with Crippen molar-refractivity contribution >= 4 is 5.97 Å². The van der Waals surface area contributed by atoms with Gasteiger partial charge in [0.05, 0.1) is 5.69 Å². The Labute approximate surface area is 117 Å². The van der Waals surface area contributed by atoms with Gasteiger partial charge in [-0.05, 0) is 24.0 Å². The average Bonchev–Trinajstić information content (AvgIpc) is 2.80. The molecule has 0 atom stereocenters. The molecule has 0 aliphatic rings. The maximum atomic E-state index is 11.3. The predicted octanol–water partition coefficient (Wildman–Crippen LogP) is 2.47. The first-order valence-corrected chi connectivity index (χ1v) is 6.47. The maximum absolute atomic E-state index is 11.3. The monoisotopic (exact) mass is 274 g/mol. The van der Waals surface area contributed by atoms with Crippen LogP contribution in [0.4, 0.5) is 0 Å². The number of rotatable bonds is 4. The normalized spacial score (nSPS) is 11.6. The van der Waals surface area contributed by atoms with E-state index in [2.05, 4.69) is 36.1 Å². The van der Waals surface area contributed by atoms with Gasteiger partial charge in [-0.25, -0.2) is 9.48 Å². The molecule has 0 aromatic carbocycles. The Morgan fingerprint density at radius 1 is 1.35 bits per heavy atom. The Hall–Kier alpha value is -2.24. The molecular formula is C14H18N4O2. The third-order valence-corrected chi connectivity index (χ3v) is 2.92. The number of hydrogen-bond donors (Lipinski definition) is 1. The number of hydrogen-bond acceptors (Lipinski definition) is 4. The Morgan fingerprint density at radius 2 is 2.10 bits per heavy atom. The van der Waals surface area contributed by atoms with E-state index in [1.165, 1.54) is 0 Å². The van der Waals surface area contributed by atoms with E-state index in [0.717, 1.165) is 6.42 Å². The van der Waals surface area contributed by atoms with Crippen molar-refractivity contribution < 1.29 is 9.90 Å². The highest BCUT2D eigenvalue weighted by Crippen LogP contribution is 2.24. The Kier molecular flexibility index (Phi) is 3.83. The van der Waals surface area contributed by atoms with Crippen LogP contribution in [0.15, 0.2) is 24.4 Å². The van der Waals surface area contributed by atoms with E-state index in [1.807, 2.05) is 6.07 Å². The molecule has 106 valence electrons. The van der Waals surface area contributed by atoms with Gasteiger partial charge in [-0.1, -0.05) is 32.1 Å². The standard InChI is InChI=1S/C14H18N4O2/c1-14(2,3)7-9-18-12(10-6-4-5-8-15-10)11(13(19)20)16-17-18/h4-6,8H,7,9H2,1-3H3,(H,19,20). The van der Waals surface area contributed by atoms with Gasteiger partial charge in [-0.3, -0.25) is 4.98 Å². The van der Waals surface area contributed by atoms with Crippen LogP contribution in [0.25, 0.3) is 11.4 Å². The molecule has 0 radical (unpaired) electrons. The van der Waals surface area contributed by atoms with Gasteiger partial charge >= 0.3 is 5.97 Å². The second-order valence-corrected chi connectivity index (χ2v) is 5.84. The van der Waals surface area contributed by atoms with Crippen LogP contribution in [-0.2, 0) is 6.54 Å². The third-order valence-electron chi connectivity index (χ3n) is 2.92. The van der Waals surface area contributed by atoms with Gasteiger partial charge < -0.3 is 5.11 Å². The van der Waals surface area contributed by atoms with Gasteiger partial charge in [0, 0.05) is 12.7 Å². The van der Waals surface area contributed by atoms with Crippen LogP contribution in [0, 0.1) is 5.41 Å². The first-order valence-electron chi connectivity index (χ1n) is 6.47. The summed E-state index contributed by atoms with van der Waals surface area (Å²) >= 11 is 0. The van der Waals surface area contributed by atoms with E-state index in [-0.39, 0.29) is 11.1 Å². The Bertz CT molecular complexity index is 599. The van der Waals surface area contributed by atoms with Crippen molar-refractivity contribution in [2.75, 3.05) is 0 Å². The molecular weight excluding hydrogens is 256 g/mol. The summed E-state index contributed by atoms with van der Waals surface area (Å²) in [4.78, 5) is 15.5. The number of aromatic nitrogens is 4. The highest BCUT2D eigenvalue weighted by Gasteiger charge is 2.22. The number of pyridine rings is 1. The number of carboxylic acid groups (broad SMARTS) is 1. The van der Waals surface area contributed by atoms with Gasteiger partial charge in [-0.15, -0.1) is 5.10 Å². The van der Waals surface area contributed by atoms with Gasteiger partial charge in [-0.2, -0.15) is 0 Å². The Balaban J connectivity index is 2.41. The van der Waals surface area contributed by atoms with Crippen LogP contribution in [-0.4, -0.2) is 31.1 Å². The molecule has 2 heterocycles. The minimum atomic E-state index is -1.09. The van der Waals surface area contributed by atoms with Crippen LogP contribution >= 0.6 is 0 Å². The topological polar surface area (TPSA) is 80.9 Å². The summed E-state index contributed by atoms with van der Waals surface area (Å²) in [6.07, 6.45) is 2.50. The zero-order chi connectivity index (χ0) is 14.8. The van der Waals surface area contributed by atoms with Gasteiger partial charge in [0.1, 0.15) is 5.69 Å². The fraction of sp³-hybridized carbons (Fsp3) is 0.429. The lowest BCUT2D eigenvalue weighted by Crippen LogP contribution is -2.13. The molecule has 0 bridgehead atoms. The van der Waals surface area contributed by atoms with Crippen LogP contribution in [0.5, 0.6) is 0 Å². The summed E-state index contributed by atoms with van der Waals surface area (Å²) < 4.78 is 1.62. The van der Waals surface area contributed by atoms with Crippen molar-refractivity contribution in [3.8, 4) is 11.4 Å². The van der Waals surface area contributed by atoms with E-state index < -0.39 is 5.97 Å². The smallest absolute Gasteiger partial charge is 0.358 e. The van der Waals surface area contributed by atoms with E-state index in [4.69, 9.17) is 0 Å². The van der Waals surface area contributed by atoms with Crippen molar-refractivity contribution in [3.05, 3.63) is 30.1 Å². The van der Waals surface area contributed by atoms with Gasteiger partial charge in [0.2, 0.25) is 0 Å². The van der Waals surface area contributed by atoms with Gasteiger partial charge in [0.15, 0.2) is 5.69 Å². The first kappa shape index (κ1) is 14.2. The highest BCUT2D eigenvalue weighted by atomic mass is 16.4.